The molecule has 3 unspecified atom stereocenters. The van der Waals surface area contributed by atoms with Crippen molar-refractivity contribution in [2.45, 2.75) is 55.9 Å². The molecule has 1 aliphatic heterocycles. The minimum atomic E-state index is -0.975. The van der Waals surface area contributed by atoms with Gasteiger partial charge in [0.1, 0.15) is 11.6 Å². The lowest BCUT2D eigenvalue weighted by Gasteiger charge is -2.29. The molecule has 28 heavy (non-hydrogen) atoms. The van der Waals surface area contributed by atoms with Crippen molar-refractivity contribution in [1.82, 2.24) is 20.3 Å². The van der Waals surface area contributed by atoms with Gasteiger partial charge >= 0.3 is 0 Å². The highest BCUT2D eigenvalue weighted by atomic mass is 32.2. The summed E-state index contributed by atoms with van der Waals surface area (Å²) in [5, 5.41) is 5.77. The molecule has 1 saturated heterocycles. The molecule has 3 rings (SSSR count). The fourth-order valence-corrected chi connectivity index (χ4v) is 4.72. The van der Waals surface area contributed by atoms with E-state index in [2.05, 4.69) is 21.9 Å². The Morgan fingerprint density at radius 2 is 2.04 bits per heavy atom. The van der Waals surface area contributed by atoms with Gasteiger partial charge in [0.25, 0.3) is 5.91 Å². The van der Waals surface area contributed by atoms with Gasteiger partial charge in [-0.3, -0.25) is 23.9 Å². The highest BCUT2D eigenvalue weighted by Gasteiger charge is 2.61. The maximum absolute atomic E-state index is 13.2. The van der Waals surface area contributed by atoms with Crippen LogP contribution < -0.4 is 15.4 Å². The number of hydrogen-bond donors (Lipinski definition) is 3. The standard InChI is InChI=1S/C19H28N4O4S/c1-3-12-7-8-23(15(25)10-20-11-24)16(12)17(26)21-19(9-13(19)4-2)18(27)22-28-14-5-6-14/h4,11-14,16H,2-3,5-10H2,1H3,(H,20,24)(H,21,26)(H,22,27)/t12?,13?,16-,19?/m0/s1. The zero-order valence-electron chi connectivity index (χ0n) is 16.1. The normalized spacial score (nSPS) is 31.0. The minimum absolute atomic E-state index is 0.0297. The molecule has 4 amide bonds. The molecular formula is C19H28N4O4S. The zero-order valence-corrected chi connectivity index (χ0v) is 16.9. The van der Waals surface area contributed by atoms with Crippen LogP contribution in [0.15, 0.2) is 12.7 Å². The average molecular weight is 409 g/mol. The summed E-state index contributed by atoms with van der Waals surface area (Å²) in [5.41, 5.74) is -0.975. The van der Waals surface area contributed by atoms with Crippen LogP contribution in [0.5, 0.6) is 0 Å². The van der Waals surface area contributed by atoms with Crippen LogP contribution in [-0.2, 0) is 19.2 Å². The summed E-state index contributed by atoms with van der Waals surface area (Å²) in [4.78, 5) is 50.4. The van der Waals surface area contributed by atoms with Crippen molar-refractivity contribution in [2.75, 3.05) is 13.1 Å². The molecule has 0 bridgehead atoms. The van der Waals surface area contributed by atoms with Crippen molar-refractivity contribution in [3.05, 3.63) is 12.7 Å². The van der Waals surface area contributed by atoms with Crippen molar-refractivity contribution in [2.24, 2.45) is 11.8 Å². The van der Waals surface area contributed by atoms with E-state index in [0.29, 0.717) is 24.6 Å². The van der Waals surface area contributed by atoms with Crippen molar-refractivity contribution >= 4 is 36.1 Å². The number of nitrogens with one attached hydrogen (secondary N) is 3. The topological polar surface area (TPSA) is 108 Å². The molecule has 9 heteroatoms. The predicted molar refractivity (Wildman–Crippen MR) is 106 cm³/mol. The molecule has 154 valence electrons. The quantitative estimate of drug-likeness (QED) is 0.275. The molecule has 4 atom stereocenters. The summed E-state index contributed by atoms with van der Waals surface area (Å²) < 4.78 is 2.88. The Balaban J connectivity index is 1.69. The Hall–Kier alpha value is -2.03. The number of carbonyl (C=O) groups excluding carboxylic acids is 4. The molecule has 0 radical (unpaired) electrons. The number of carbonyl (C=O) groups is 4. The Morgan fingerprint density at radius 1 is 1.29 bits per heavy atom. The third-order valence-corrected chi connectivity index (χ3v) is 6.97. The zero-order chi connectivity index (χ0) is 20.3. The number of rotatable bonds is 10. The fraction of sp³-hybridized carbons (Fsp3) is 0.684. The van der Waals surface area contributed by atoms with Gasteiger partial charge in [-0.1, -0.05) is 19.4 Å². The van der Waals surface area contributed by atoms with Gasteiger partial charge in [-0.15, -0.1) is 6.58 Å². The third kappa shape index (κ3) is 4.19. The van der Waals surface area contributed by atoms with E-state index in [-0.39, 0.29) is 36.1 Å². The van der Waals surface area contributed by atoms with Crippen LogP contribution in [0, 0.1) is 11.8 Å². The van der Waals surface area contributed by atoms with Crippen molar-refractivity contribution < 1.29 is 19.2 Å². The summed E-state index contributed by atoms with van der Waals surface area (Å²) in [5.74, 6) is -0.878. The first-order valence-corrected chi connectivity index (χ1v) is 10.7. The van der Waals surface area contributed by atoms with Crippen molar-refractivity contribution in [3.63, 3.8) is 0 Å². The van der Waals surface area contributed by atoms with E-state index in [0.717, 1.165) is 25.7 Å². The maximum atomic E-state index is 13.2. The second-order valence-electron chi connectivity index (χ2n) is 7.74. The lowest BCUT2D eigenvalue weighted by atomic mass is 9.96. The van der Waals surface area contributed by atoms with Gasteiger partial charge < -0.3 is 15.5 Å². The monoisotopic (exact) mass is 408 g/mol. The molecule has 0 aromatic rings. The maximum Gasteiger partial charge on any atom is 0.256 e. The van der Waals surface area contributed by atoms with E-state index in [1.54, 1.807) is 6.08 Å². The number of nitrogens with zero attached hydrogens (tertiary/aromatic N) is 1. The molecule has 0 aromatic carbocycles. The third-order valence-electron chi connectivity index (χ3n) is 5.87. The van der Waals surface area contributed by atoms with E-state index < -0.39 is 11.6 Å². The van der Waals surface area contributed by atoms with Gasteiger partial charge in [-0.25, -0.2) is 0 Å². The summed E-state index contributed by atoms with van der Waals surface area (Å²) in [7, 11) is 0. The van der Waals surface area contributed by atoms with Crippen LogP contribution in [0.1, 0.15) is 39.0 Å². The minimum Gasteiger partial charge on any atom is -0.350 e. The first kappa shape index (κ1) is 20.7. The fourth-order valence-electron chi connectivity index (χ4n) is 3.89. The number of likely N-dealkylation sites (tertiary alicyclic amines) is 1. The lowest BCUT2D eigenvalue weighted by Crippen LogP contribution is -2.57. The summed E-state index contributed by atoms with van der Waals surface area (Å²) >= 11 is 1.42. The number of amides is 4. The van der Waals surface area contributed by atoms with Gasteiger partial charge in [0.15, 0.2) is 0 Å². The van der Waals surface area contributed by atoms with Crippen LogP contribution in [0.2, 0.25) is 0 Å². The van der Waals surface area contributed by atoms with E-state index in [1.807, 2.05) is 6.92 Å². The molecule has 1 heterocycles. The summed E-state index contributed by atoms with van der Waals surface area (Å²) in [6.07, 6.45) is 6.36. The molecule has 8 nitrogen and oxygen atoms in total. The molecule has 2 aliphatic carbocycles. The van der Waals surface area contributed by atoms with Gasteiger partial charge in [0.2, 0.25) is 18.2 Å². The molecule has 2 saturated carbocycles. The second kappa shape index (κ2) is 8.55. The summed E-state index contributed by atoms with van der Waals surface area (Å²) in [6, 6.07) is -0.627. The molecule has 0 aromatic heterocycles. The number of hydrogen-bond acceptors (Lipinski definition) is 5. The van der Waals surface area contributed by atoms with Gasteiger partial charge in [-0.2, -0.15) is 0 Å². The molecule has 3 N–H and O–H groups in total. The molecule has 3 aliphatic rings. The van der Waals surface area contributed by atoms with E-state index >= 15 is 0 Å². The Labute approximate surface area is 169 Å². The van der Waals surface area contributed by atoms with Gasteiger partial charge in [0.05, 0.1) is 6.54 Å². The van der Waals surface area contributed by atoms with E-state index in [4.69, 9.17) is 0 Å². The Kier molecular flexibility index (Phi) is 6.32. The van der Waals surface area contributed by atoms with Crippen LogP contribution in [-0.4, -0.2) is 59.0 Å². The second-order valence-corrected chi connectivity index (χ2v) is 8.85. The summed E-state index contributed by atoms with van der Waals surface area (Å²) in [6.45, 7) is 6.10. The smallest absolute Gasteiger partial charge is 0.256 e. The SMILES string of the molecule is C=CC1CC1(NC(=O)[C@@H]1C(CC)CCN1C(=O)CNC=O)C(=O)NSC1CC1. The lowest BCUT2D eigenvalue weighted by molar-refractivity contribution is -0.140. The van der Waals surface area contributed by atoms with Crippen LogP contribution in [0.4, 0.5) is 0 Å². The first-order valence-electron chi connectivity index (χ1n) is 9.84. The van der Waals surface area contributed by atoms with Crippen LogP contribution in [0.25, 0.3) is 0 Å². The predicted octanol–water partition coefficient (Wildman–Crippen LogP) is 0.347. The van der Waals surface area contributed by atoms with Crippen molar-refractivity contribution in [1.29, 1.82) is 0 Å². The molecule has 3 fully saturated rings. The van der Waals surface area contributed by atoms with Crippen LogP contribution in [0.3, 0.4) is 0 Å². The average Bonchev–Trinajstić information content (AvgIpc) is 3.60. The molecular weight excluding hydrogens is 380 g/mol. The largest absolute Gasteiger partial charge is 0.350 e. The first-order chi connectivity index (χ1) is 13.5. The van der Waals surface area contributed by atoms with Crippen LogP contribution >= 0.6 is 11.9 Å². The molecule has 0 spiro atoms. The highest BCUT2D eigenvalue weighted by molar-refractivity contribution is 7.98. The van der Waals surface area contributed by atoms with E-state index in [9.17, 15) is 19.2 Å². The van der Waals surface area contributed by atoms with Gasteiger partial charge in [-0.05, 0) is 43.5 Å². The Morgan fingerprint density at radius 3 is 2.61 bits per heavy atom. The highest BCUT2D eigenvalue weighted by Crippen LogP contribution is 2.46. The van der Waals surface area contributed by atoms with Crippen molar-refractivity contribution in [3.8, 4) is 0 Å². The van der Waals surface area contributed by atoms with E-state index in [1.165, 1.54) is 16.8 Å². The Bertz CT molecular complexity index is 668. The van der Waals surface area contributed by atoms with Gasteiger partial charge in [0, 0.05) is 17.7 Å².